The molecule has 4 fully saturated rings. The number of amides is 1. The summed E-state index contributed by atoms with van der Waals surface area (Å²) in [4.78, 5) is 79.9. The third kappa shape index (κ3) is 15.7. The fourth-order valence-corrected chi connectivity index (χ4v) is 10.1. The second kappa shape index (κ2) is 27.4. The molecule has 416 valence electrons. The van der Waals surface area contributed by atoms with Crippen LogP contribution in [-0.2, 0) is 37.4 Å². The molecule has 3 aliphatic heterocycles. The number of hydrogen-bond donors (Lipinski definition) is 13. The molecule has 0 radical (unpaired) electrons. The number of phosphoric acid groups is 1. The van der Waals surface area contributed by atoms with Crippen molar-refractivity contribution in [1.82, 2.24) is 34.6 Å². The van der Waals surface area contributed by atoms with Crippen molar-refractivity contribution in [2.45, 2.75) is 177 Å². The molecule has 2 aromatic rings. The number of nitrogens with two attached hydrogens (primary N) is 4. The summed E-state index contributed by atoms with van der Waals surface area (Å²) in [6, 6.07) is -3.15. The van der Waals surface area contributed by atoms with Crippen LogP contribution in [-0.4, -0.2) is 186 Å². The highest BCUT2D eigenvalue weighted by atomic mass is 31.2. The number of aryl methyl sites for hydroxylation is 2. The number of aromatic amines is 2. The first-order chi connectivity index (χ1) is 34.5. The maximum atomic E-state index is 13.5. The van der Waals surface area contributed by atoms with E-state index in [1.807, 2.05) is 0 Å². The Morgan fingerprint density at radius 2 is 1.37 bits per heavy atom. The van der Waals surface area contributed by atoms with Crippen LogP contribution in [0.1, 0.15) is 89.3 Å². The molecule has 1 amide bonds. The Bertz CT molecular complexity index is 2360. The number of aliphatic hydroxyl groups excluding tert-OH is 4. The normalized spacial score (nSPS) is 33.3. The molecular weight excluding hydrogens is 986 g/mol. The zero-order valence-electron chi connectivity index (χ0n) is 42.0. The summed E-state index contributed by atoms with van der Waals surface area (Å²) >= 11 is 0. The number of H-pyrrole nitrogens is 2. The molecule has 1 saturated carbocycles. The topological polar surface area (TPSA) is 432 Å². The maximum Gasteiger partial charge on any atom is 0.472 e. The minimum absolute atomic E-state index is 0.103. The molecule has 3 saturated heterocycles. The van der Waals surface area contributed by atoms with Gasteiger partial charge in [-0.15, -0.1) is 0 Å². The van der Waals surface area contributed by atoms with E-state index in [0.717, 1.165) is 9.13 Å². The first-order valence-electron chi connectivity index (χ1n) is 24.9. The van der Waals surface area contributed by atoms with Crippen LogP contribution >= 0.6 is 7.82 Å². The predicted octanol–water partition coefficient (Wildman–Crippen LogP) is -4.34. The lowest BCUT2D eigenvalue weighted by atomic mass is 9.82. The number of carbonyl (C=O) groups excluding carboxylic acids is 1. The summed E-state index contributed by atoms with van der Waals surface area (Å²) in [5.74, 6) is -0.733. The van der Waals surface area contributed by atoms with Crippen molar-refractivity contribution in [2.75, 3.05) is 45.9 Å². The number of rotatable bonds is 22. The monoisotopic (exact) mass is 1060 g/mol. The maximum absolute atomic E-state index is 13.5. The first-order valence-corrected chi connectivity index (χ1v) is 26.4. The Morgan fingerprint density at radius 3 is 1.93 bits per heavy atom. The van der Waals surface area contributed by atoms with E-state index in [4.69, 9.17) is 50.9 Å². The number of phosphoric ester groups is 1. The van der Waals surface area contributed by atoms with E-state index in [9.17, 15) is 53.9 Å². The van der Waals surface area contributed by atoms with E-state index in [1.54, 1.807) is 0 Å². The number of nitrogens with zero attached hydrogens (tertiary/aromatic N) is 3. The number of nitrogens with one attached hydrogen (secondary N) is 4. The van der Waals surface area contributed by atoms with Gasteiger partial charge < -0.3 is 82.7 Å². The Labute approximate surface area is 421 Å². The molecule has 28 nitrogen and oxygen atoms in total. The minimum Gasteiger partial charge on any atom is -0.390 e. The molecule has 1 aliphatic carbocycles. The molecule has 73 heavy (non-hydrogen) atoms. The van der Waals surface area contributed by atoms with Crippen molar-refractivity contribution >= 4 is 13.7 Å². The molecule has 17 atom stereocenters. The van der Waals surface area contributed by atoms with Crippen LogP contribution in [0.2, 0.25) is 0 Å². The summed E-state index contributed by atoms with van der Waals surface area (Å²) in [6.07, 6.45) is -9.69. The summed E-state index contributed by atoms with van der Waals surface area (Å²) in [7, 11) is -5.05. The standard InChI is InChI=1S/C38H63N10O17P.C6H15N/c1-16-13-47(37(56)45-33(16)53)24-10-20(49)23(61-24)15-60-66(58,59)65-21-11-25(48-14-17(2)34(54)46-38(48)57)63-32(21)35(55)44-8-6-4-3-5-7-43-27-28(50)18(40)9-19(41)31(27)64-36-26(42)30(52)29(51)22(12-39)62-36;1-4-7(5-2)6-3/h13-14,18-32,36,43,49-52H,3-12,15,39-42H2,1-2H3,(H,44,55)(H,58,59)(H,45,53,56)(H,46,54,57);4-6H2,1-3H3/t18-,19+,20+,21+,22-,23-,24-,25-,26-,27+,28+,29-,30-,31-,32+,36-;/m1./s1. The molecular formula is C44H78N11O17P. The lowest BCUT2D eigenvalue weighted by molar-refractivity contribution is -0.279. The zero-order chi connectivity index (χ0) is 53.9. The van der Waals surface area contributed by atoms with E-state index in [0.29, 0.717) is 32.2 Å². The molecule has 4 aliphatic rings. The van der Waals surface area contributed by atoms with Crippen molar-refractivity contribution < 1.29 is 62.7 Å². The van der Waals surface area contributed by atoms with E-state index < -0.39 is 141 Å². The van der Waals surface area contributed by atoms with Gasteiger partial charge in [0, 0.05) is 61.5 Å². The van der Waals surface area contributed by atoms with E-state index in [1.165, 1.54) is 45.9 Å². The summed E-state index contributed by atoms with van der Waals surface area (Å²) in [5, 5.41) is 48.3. The minimum atomic E-state index is -5.05. The van der Waals surface area contributed by atoms with Crippen LogP contribution in [0.4, 0.5) is 0 Å². The van der Waals surface area contributed by atoms with Crippen LogP contribution in [0, 0.1) is 13.8 Å². The fourth-order valence-electron chi connectivity index (χ4n) is 9.17. The number of carbonyl (C=O) groups is 1. The largest absolute Gasteiger partial charge is 0.472 e. The van der Waals surface area contributed by atoms with Gasteiger partial charge in [0.1, 0.15) is 43.0 Å². The van der Waals surface area contributed by atoms with Gasteiger partial charge in [0.05, 0.1) is 37.0 Å². The number of aromatic nitrogens is 4. The Balaban J connectivity index is 0.00000131. The molecule has 0 spiro atoms. The Morgan fingerprint density at radius 1 is 0.795 bits per heavy atom. The molecule has 29 heteroatoms. The molecule has 5 heterocycles. The number of aliphatic hydroxyl groups is 4. The van der Waals surface area contributed by atoms with Gasteiger partial charge in [0.2, 0.25) is 0 Å². The van der Waals surface area contributed by atoms with Crippen LogP contribution in [0.3, 0.4) is 0 Å². The molecule has 0 aromatic carbocycles. The summed E-state index contributed by atoms with van der Waals surface area (Å²) in [6.45, 7) is 12.8. The number of ether oxygens (including phenoxy) is 4. The van der Waals surface area contributed by atoms with Gasteiger partial charge in [-0.1, -0.05) is 33.6 Å². The molecule has 0 bridgehead atoms. The quantitative estimate of drug-likeness (QED) is 0.0392. The predicted molar refractivity (Wildman–Crippen MR) is 262 cm³/mol. The van der Waals surface area contributed by atoms with Crippen LogP contribution < -0.4 is 56.1 Å². The molecule has 2 aromatic heterocycles. The number of unbranched alkanes of at least 4 members (excludes halogenated alkanes) is 3. The average Bonchev–Trinajstić information content (AvgIpc) is 3.94. The average molecular weight is 1060 g/mol. The first kappa shape index (κ1) is 60.2. The van der Waals surface area contributed by atoms with Crippen molar-refractivity contribution in [3.8, 4) is 0 Å². The smallest absolute Gasteiger partial charge is 0.390 e. The van der Waals surface area contributed by atoms with E-state index in [2.05, 4.69) is 46.3 Å². The third-order valence-corrected chi connectivity index (χ3v) is 14.7. The van der Waals surface area contributed by atoms with Gasteiger partial charge in [0.25, 0.3) is 17.0 Å². The van der Waals surface area contributed by atoms with E-state index in [-0.39, 0.29) is 43.5 Å². The Hall–Kier alpha value is -3.62. The Kier molecular flexibility index (Phi) is 22.6. The molecule has 1 unspecified atom stereocenters. The fraction of sp³-hybridized carbons (Fsp3) is 0.795. The number of hydrogen-bond acceptors (Lipinski definition) is 22. The second-order valence-corrected chi connectivity index (χ2v) is 20.2. The highest BCUT2D eigenvalue weighted by Crippen LogP contribution is 2.49. The second-order valence-electron chi connectivity index (χ2n) is 18.8. The SMILES string of the molecule is CCN(CC)CC.Cc1cn([C@H]2C[C@H](OP(=O)(O)OC[C@H]3O[C@@H](n4cc(C)c(=O)[nH]c4=O)C[C@@H]3O)[C@@H](C(=O)NCCCCCCN[C@H]3[C@@H](O)[C@H](N)C[C@H](N)[C@H]3O[C@H]3O[C@H](CN)[C@@H](O)[C@H](O)[C@H]3N)O2)c(=O)[nH]c1=O. The van der Waals surface area contributed by atoms with Gasteiger partial charge >= 0.3 is 19.2 Å². The lowest BCUT2D eigenvalue weighted by Gasteiger charge is -2.47. The van der Waals surface area contributed by atoms with Crippen molar-refractivity contribution in [3.05, 3.63) is 65.2 Å². The molecule has 17 N–H and O–H groups in total. The van der Waals surface area contributed by atoms with Gasteiger partial charge in [-0.2, -0.15) is 0 Å². The highest BCUT2D eigenvalue weighted by Gasteiger charge is 2.49. The van der Waals surface area contributed by atoms with Crippen LogP contribution in [0.25, 0.3) is 0 Å². The lowest BCUT2D eigenvalue weighted by Crippen LogP contribution is -2.69. The molecule has 6 rings (SSSR count). The van der Waals surface area contributed by atoms with Gasteiger partial charge in [-0.05, 0) is 59.3 Å². The zero-order valence-corrected chi connectivity index (χ0v) is 42.9. The van der Waals surface area contributed by atoms with Gasteiger partial charge in [-0.25, -0.2) is 14.2 Å². The summed E-state index contributed by atoms with van der Waals surface area (Å²) < 4.78 is 49.5. The van der Waals surface area contributed by atoms with Gasteiger partial charge in [0.15, 0.2) is 12.4 Å². The van der Waals surface area contributed by atoms with Crippen molar-refractivity contribution in [2.24, 2.45) is 22.9 Å². The van der Waals surface area contributed by atoms with Crippen molar-refractivity contribution in [3.63, 3.8) is 0 Å². The highest BCUT2D eigenvalue weighted by molar-refractivity contribution is 7.47. The summed E-state index contributed by atoms with van der Waals surface area (Å²) in [5.41, 5.74) is 21.9. The van der Waals surface area contributed by atoms with E-state index >= 15 is 0 Å². The third-order valence-electron chi connectivity index (χ3n) is 13.6. The van der Waals surface area contributed by atoms with Crippen LogP contribution in [0.5, 0.6) is 0 Å². The van der Waals surface area contributed by atoms with Crippen molar-refractivity contribution in [1.29, 1.82) is 0 Å². The van der Waals surface area contributed by atoms with Gasteiger partial charge in [-0.3, -0.25) is 42.5 Å². The van der Waals surface area contributed by atoms with Crippen LogP contribution in [0.15, 0.2) is 31.6 Å².